The Balaban J connectivity index is 2.40. The minimum absolute atomic E-state index is 0.0731. The minimum atomic E-state index is -0.0731. The molecule has 82 valence electrons. The number of hydrogen-bond acceptors (Lipinski definition) is 4. The van der Waals surface area contributed by atoms with E-state index in [1.165, 1.54) is 0 Å². The zero-order valence-electron chi connectivity index (χ0n) is 8.73. The lowest BCUT2D eigenvalue weighted by atomic mass is 10.1. The molecule has 0 saturated carbocycles. The van der Waals surface area contributed by atoms with Crippen molar-refractivity contribution in [2.45, 2.75) is 0 Å². The van der Waals surface area contributed by atoms with Crippen molar-refractivity contribution < 1.29 is 4.79 Å². The highest BCUT2D eigenvalue weighted by atomic mass is 16.2. The van der Waals surface area contributed by atoms with Crippen LogP contribution in [0, 0.1) is 11.3 Å². The van der Waals surface area contributed by atoms with E-state index in [9.17, 15) is 4.79 Å². The Kier molecular flexibility index (Phi) is 2.75. The zero-order valence-corrected chi connectivity index (χ0v) is 8.73. The predicted octanol–water partition coefficient (Wildman–Crippen LogP) is 0.275. The van der Waals surface area contributed by atoms with Crippen molar-refractivity contribution in [2.75, 3.05) is 29.9 Å². The summed E-state index contributed by atoms with van der Waals surface area (Å²) in [5, 5.41) is 11.5. The third-order valence-corrected chi connectivity index (χ3v) is 2.47. The zero-order chi connectivity index (χ0) is 11.5. The van der Waals surface area contributed by atoms with Crippen LogP contribution in [0.1, 0.15) is 5.56 Å². The number of carbonyl (C=O) groups is 1. The Morgan fingerprint density at radius 3 is 3.06 bits per heavy atom. The molecule has 1 aliphatic rings. The van der Waals surface area contributed by atoms with Crippen LogP contribution in [0.3, 0.4) is 0 Å². The summed E-state index contributed by atoms with van der Waals surface area (Å²) in [4.78, 5) is 13.3. The molecule has 0 aromatic heterocycles. The van der Waals surface area contributed by atoms with Gasteiger partial charge in [-0.3, -0.25) is 4.79 Å². The molecule has 1 aliphatic heterocycles. The molecule has 1 heterocycles. The maximum absolute atomic E-state index is 11.4. The van der Waals surface area contributed by atoms with Gasteiger partial charge in [-0.25, -0.2) is 0 Å². The predicted molar refractivity (Wildman–Crippen MR) is 61.1 cm³/mol. The van der Waals surface area contributed by atoms with E-state index in [0.717, 1.165) is 5.69 Å². The summed E-state index contributed by atoms with van der Waals surface area (Å²) in [5.74, 6) is -0.0731. The van der Waals surface area contributed by atoms with E-state index in [-0.39, 0.29) is 5.91 Å². The normalized spacial score (nSPS) is 14.0. The van der Waals surface area contributed by atoms with E-state index >= 15 is 0 Å². The van der Waals surface area contributed by atoms with Gasteiger partial charge in [0.2, 0.25) is 5.91 Å². The number of rotatable bonds is 2. The fourth-order valence-corrected chi connectivity index (χ4v) is 1.79. The second-order valence-corrected chi connectivity index (χ2v) is 3.60. The number of amides is 1. The number of anilines is 2. The van der Waals surface area contributed by atoms with Gasteiger partial charge in [0.25, 0.3) is 0 Å². The second-order valence-electron chi connectivity index (χ2n) is 3.60. The van der Waals surface area contributed by atoms with Gasteiger partial charge in [0, 0.05) is 13.1 Å². The van der Waals surface area contributed by atoms with E-state index in [1.807, 2.05) is 17.0 Å². The molecule has 1 aromatic rings. The number of fused-ring (bicyclic) bond motifs is 1. The second kappa shape index (κ2) is 4.21. The molecule has 16 heavy (non-hydrogen) atoms. The van der Waals surface area contributed by atoms with Crippen LogP contribution in [0.25, 0.3) is 0 Å². The monoisotopic (exact) mass is 216 g/mol. The van der Waals surface area contributed by atoms with Crippen LogP contribution < -0.4 is 16.0 Å². The summed E-state index contributed by atoms with van der Waals surface area (Å²) >= 11 is 0. The molecular weight excluding hydrogens is 204 g/mol. The lowest BCUT2D eigenvalue weighted by molar-refractivity contribution is -0.115. The molecule has 0 fully saturated rings. The van der Waals surface area contributed by atoms with Crippen LogP contribution >= 0.6 is 0 Å². The van der Waals surface area contributed by atoms with Crippen LogP contribution in [-0.4, -0.2) is 25.5 Å². The molecule has 0 aliphatic carbocycles. The first kappa shape index (κ1) is 10.5. The first-order valence-electron chi connectivity index (χ1n) is 5.03. The third-order valence-electron chi connectivity index (χ3n) is 2.47. The molecule has 5 heteroatoms. The molecular formula is C11H12N4O. The maximum atomic E-state index is 11.4. The van der Waals surface area contributed by atoms with Crippen LogP contribution in [0.4, 0.5) is 11.4 Å². The molecule has 3 N–H and O–H groups in total. The first-order chi connectivity index (χ1) is 7.74. The largest absolute Gasteiger partial charge is 0.359 e. The van der Waals surface area contributed by atoms with Crippen LogP contribution in [-0.2, 0) is 4.79 Å². The highest BCUT2D eigenvalue weighted by Gasteiger charge is 2.21. The van der Waals surface area contributed by atoms with Gasteiger partial charge in [-0.05, 0) is 18.2 Å². The minimum Gasteiger partial charge on any atom is -0.359 e. The topological polar surface area (TPSA) is 82.2 Å². The van der Waals surface area contributed by atoms with Crippen LogP contribution in [0.5, 0.6) is 0 Å². The SMILES string of the molecule is N#Cc1ccc2c(c1)NC(=O)CN2CCN. The Hall–Kier alpha value is -2.06. The highest BCUT2D eigenvalue weighted by molar-refractivity contribution is 6.01. The van der Waals surface area contributed by atoms with Crippen molar-refractivity contribution in [1.29, 1.82) is 5.26 Å². The van der Waals surface area contributed by atoms with Crippen molar-refractivity contribution in [3.05, 3.63) is 23.8 Å². The van der Waals surface area contributed by atoms with E-state index in [4.69, 9.17) is 11.0 Å². The first-order valence-corrected chi connectivity index (χ1v) is 5.03. The van der Waals surface area contributed by atoms with Gasteiger partial charge in [0.05, 0.1) is 29.6 Å². The summed E-state index contributed by atoms with van der Waals surface area (Å²) < 4.78 is 0. The van der Waals surface area contributed by atoms with E-state index in [0.29, 0.717) is 30.9 Å². The summed E-state index contributed by atoms with van der Waals surface area (Å²) in [6.07, 6.45) is 0. The fourth-order valence-electron chi connectivity index (χ4n) is 1.79. The van der Waals surface area contributed by atoms with E-state index in [1.54, 1.807) is 12.1 Å². The van der Waals surface area contributed by atoms with Gasteiger partial charge in [-0.15, -0.1) is 0 Å². The maximum Gasteiger partial charge on any atom is 0.243 e. The quantitative estimate of drug-likeness (QED) is 0.743. The standard InChI is InChI=1S/C11H12N4O/c12-3-4-15-7-11(16)14-9-5-8(6-13)1-2-10(9)15/h1-2,5H,3-4,7,12H2,(H,14,16). The number of hydrogen-bond donors (Lipinski definition) is 2. The number of nitriles is 1. The number of nitrogens with one attached hydrogen (secondary N) is 1. The number of carbonyl (C=O) groups excluding carboxylic acids is 1. The van der Waals surface area contributed by atoms with Crippen molar-refractivity contribution >= 4 is 17.3 Å². The number of nitrogens with zero attached hydrogens (tertiary/aromatic N) is 2. The molecule has 5 nitrogen and oxygen atoms in total. The Bertz CT molecular complexity index is 464. The van der Waals surface area contributed by atoms with Gasteiger partial charge in [0.15, 0.2) is 0 Å². The van der Waals surface area contributed by atoms with Crippen molar-refractivity contribution in [1.82, 2.24) is 0 Å². The molecule has 0 atom stereocenters. The number of nitrogens with two attached hydrogens (primary N) is 1. The van der Waals surface area contributed by atoms with Crippen molar-refractivity contribution in [2.24, 2.45) is 5.73 Å². The molecule has 0 spiro atoms. The molecule has 0 radical (unpaired) electrons. The van der Waals surface area contributed by atoms with Gasteiger partial charge in [0.1, 0.15) is 0 Å². The summed E-state index contributed by atoms with van der Waals surface area (Å²) in [5.41, 5.74) is 7.63. The number of benzene rings is 1. The van der Waals surface area contributed by atoms with Gasteiger partial charge < -0.3 is 16.0 Å². The Morgan fingerprint density at radius 1 is 1.56 bits per heavy atom. The van der Waals surface area contributed by atoms with E-state index < -0.39 is 0 Å². The Labute approximate surface area is 93.5 Å². The van der Waals surface area contributed by atoms with Gasteiger partial charge >= 0.3 is 0 Å². The van der Waals surface area contributed by atoms with E-state index in [2.05, 4.69) is 5.32 Å². The molecule has 2 rings (SSSR count). The summed E-state index contributed by atoms with van der Waals surface area (Å²) in [6.45, 7) is 1.44. The fraction of sp³-hybridized carbons (Fsp3) is 0.273. The summed E-state index contributed by atoms with van der Waals surface area (Å²) in [6, 6.07) is 7.29. The van der Waals surface area contributed by atoms with Crippen LogP contribution in [0.2, 0.25) is 0 Å². The van der Waals surface area contributed by atoms with Crippen molar-refractivity contribution in [3.63, 3.8) is 0 Å². The van der Waals surface area contributed by atoms with Gasteiger partial charge in [-0.2, -0.15) is 5.26 Å². The van der Waals surface area contributed by atoms with Gasteiger partial charge in [-0.1, -0.05) is 0 Å². The third kappa shape index (κ3) is 1.83. The lowest BCUT2D eigenvalue weighted by Crippen LogP contribution is -2.40. The molecule has 1 aromatic carbocycles. The highest BCUT2D eigenvalue weighted by Crippen LogP contribution is 2.29. The lowest BCUT2D eigenvalue weighted by Gasteiger charge is -2.30. The average Bonchev–Trinajstić information content (AvgIpc) is 2.28. The summed E-state index contributed by atoms with van der Waals surface area (Å²) in [7, 11) is 0. The average molecular weight is 216 g/mol. The Morgan fingerprint density at radius 2 is 2.38 bits per heavy atom. The molecule has 0 saturated heterocycles. The van der Waals surface area contributed by atoms with Crippen molar-refractivity contribution in [3.8, 4) is 6.07 Å². The smallest absolute Gasteiger partial charge is 0.243 e. The molecule has 0 unspecified atom stereocenters. The van der Waals surface area contributed by atoms with Crippen LogP contribution in [0.15, 0.2) is 18.2 Å². The molecule has 0 bridgehead atoms. The molecule has 1 amide bonds.